The predicted molar refractivity (Wildman–Crippen MR) is 155 cm³/mol. The van der Waals surface area contributed by atoms with Gasteiger partial charge in [0.2, 0.25) is 29.5 Å². The second-order valence-corrected chi connectivity index (χ2v) is 12.5. The molecule has 0 bridgehead atoms. The van der Waals surface area contributed by atoms with Crippen molar-refractivity contribution in [3.8, 4) is 0 Å². The first kappa shape index (κ1) is 38.4. The molecule has 0 saturated carbocycles. The van der Waals surface area contributed by atoms with Crippen LogP contribution < -0.4 is 32.7 Å². The lowest BCUT2D eigenvalue weighted by Crippen LogP contribution is -2.60. The summed E-state index contributed by atoms with van der Waals surface area (Å²) in [5.41, 5.74) is 10.3. The maximum absolute atomic E-state index is 13.3. The van der Waals surface area contributed by atoms with Crippen LogP contribution in [-0.4, -0.2) is 77.6 Å². The topological polar surface area (TPSA) is 229 Å². The maximum atomic E-state index is 13.3. The number of carbonyl (C=O) groups is 7. The molecule has 0 aromatic carbocycles. The average Bonchev–Trinajstić information content (AvgIpc) is 2.82. The number of ether oxygens (including phenoxy) is 1. The van der Waals surface area contributed by atoms with Crippen LogP contribution in [0.25, 0.3) is 0 Å². The van der Waals surface area contributed by atoms with Gasteiger partial charge in [-0.25, -0.2) is 0 Å². The van der Waals surface area contributed by atoms with E-state index in [0.717, 1.165) is 0 Å². The van der Waals surface area contributed by atoms with Crippen LogP contribution in [0.2, 0.25) is 0 Å². The number of nitrogens with one attached hydrogen (secondary N) is 4. The van der Waals surface area contributed by atoms with Crippen LogP contribution in [-0.2, 0) is 38.3 Å². The van der Waals surface area contributed by atoms with E-state index in [0.29, 0.717) is 12.7 Å². The Labute approximate surface area is 248 Å². The Morgan fingerprint density at radius 3 is 1.67 bits per heavy atom. The predicted octanol–water partition coefficient (Wildman–Crippen LogP) is -0.583. The summed E-state index contributed by atoms with van der Waals surface area (Å²) in [6.07, 6.45) is -0.387. The Hall–Kier alpha value is -3.55. The van der Waals surface area contributed by atoms with E-state index < -0.39 is 90.1 Å². The third-order valence-corrected chi connectivity index (χ3v) is 5.95. The molecule has 0 spiro atoms. The fourth-order valence-electron chi connectivity index (χ4n) is 3.73. The van der Waals surface area contributed by atoms with E-state index in [-0.39, 0.29) is 11.8 Å². The molecular weight excluding hydrogens is 548 g/mol. The van der Waals surface area contributed by atoms with Crippen molar-refractivity contribution in [2.45, 2.75) is 117 Å². The molecule has 0 fully saturated rings. The Bertz CT molecular complexity index is 976. The van der Waals surface area contributed by atoms with Crippen LogP contribution in [0.3, 0.4) is 0 Å². The maximum Gasteiger partial charge on any atom is 0.308 e. The summed E-state index contributed by atoms with van der Waals surface area (Å²) in [7, 11) is 0. The normalized spacial score (nSPS) is 15.2. The third-order valence-electron chi connectivity index (χ3n) is 5.95. The van der Waals surface area contributed by atoms with E-state index in [4.69, 9.17) is 16.2 Å². The zero-order valence-corrected chi connectivity index (χ0v) is 26.2. The molecule has 0 saturated heterocycles. The van der Waals surface area contributed by atoms with Crippen LogP contribution in [0.1, 0.15) is 81.6 Å². The number of hydrogen-bond acceptors (Lipinski definition) is 9. The molecule has 0 unspecified atom stereocenters. The molecule has 0 rings (SSSR count). The summed E-state index contributed by atoms with van der Waals surface area (Å²) in [6.45, 7) is 15.4. The van der Waals surface area contributed by atoms with Crippen molar-refractivity contribution in [1.82, 2.24) is 21.3 Å². The molecule has 0 heterocycles. The SMILES string of the molecule is CC(C)C[C@@H](C=O)NC(=O)[C@H](CC(=O)OC(C)(C)C)NC(=O)[C@H](CC(N)=O)NC(=O)[C@@H](NC(=O)[C@@H](N)C(C)C)C(C)C. The van der Waals surface area contributed by atoms with E-state index >= 15 is 0 Å². The van der Waals surface area contributed by atoms with Gasteiger partial charge < -0.3 is 42.3 Å². The van der Waals surface area contributed by atoms with Crippen molar-refractivity contribution < 1.29 is 38.3 Å². The van der Waals surface area contributed by atoms with Crippen LogP contribution in [0.15, 0.2) is 0 Å². The van der Waals surface area contributed by atoms with Gasteiger partial charge >= 0.3 is 5.97 Å². The molecule has 240 valence electrons. The first-order valence-electron chi connectivity index (χ1n) is 14.1. The minimum atomic E-state index is -1.56. The van der Waals surface area contributed by atoms with Gasteiger partial charge in [0.15, 0.2) is 0 Å². The number of aldehydes is 1. The molecule has 0 aliphatic heterocycles. The molecule has 0 radical (unpaired) electrons. The lowest BCUT2D eigenvalue weighted by atomic mass is 9.99. The fraction of sp³-hybridized carbons (Fsp3) is 0.750. The molecule has 14 nitrogen and oxygen atoms in total. The monoisotopic (exact) mass is 598 g/mol. The number of carbonyl (C=O) groups excluding carboxylic acids is 7. The first-order valence-corrected chi connectivity index (χ1v) is 14.1. The summed E-state index contributed by atoms with van der Waals surface area (Å²) < 4.78 is 5.28. The molecule has 42 heavy (non-hydrogen) atoms. The van der Waals surface area contributed by atoms with E-state index in [9.17, 15) is 33.6 Å². The standard InChI is InChI=1S/C28H50N6O8/c1-14(2)10-17(13-35)31-24(38)19(12-21(37)42-28(7,8)9)32-25(39)18(11-20(29)36)33-27(41)23(16(5)6)34-26(40)22(30)15(3)4/h13-19,22-23H,10-12,30H2,1-9H3,(H2,29,36)(H,31,38)(H,32,39)(H,33,41)(H,34,40)/t17-,18-,19-,22-,23-/m0/s1. The molecular formula is C28H50N6O8. The van der Waals surface area contributed by atoms with E-state index in [1.807, 2.05) is 13.8 Å². The van der Waals surface area contributed by atoms with Crippen molar-refractivity contribution >= 4 is 41.8 Å². The van der Waals surface area contributed by atoms with E-state index in [2.05, 4.69) is 21.3 Å². The molecule has 0 aromatic rings. The van der Waals surface area contributed by atoms with Crippen molar-refractivity contribution in [2.24, 2.45) is 29.2 Å². The Balaban J connectivity index is 6.05. The highest BCUT2D eigenvalue weighted by Gasteiger charge is 2.34. The zero-order chi connectivity index (χ0) is 32.9. The van der Waals surface area contributed by atoms with Gasteiger partial charge in [-0.15, -0.1) is 0 Å². The summed E-state index contributed by atoms with van der Waals surface area (Å²) in [5, 5.41) is 9.84. The van der Waals surface area contributed by atoms with Crippen molar-refractivity contribution in [3.63, 3.8) is 0 Å². The number of hydrogen-bond donors (Lipinski definition) is 6. The number of esters is 1. The smallest absolute Gasteiger partial charge is 0.308 e. The van der Waals surface area contributed by atoms with E-state index in [1.165, 1.54) is 0 Å². The molecule has 5 amide bonds. The summed E-state index contributed by atoms with van der Waals surface area (Å²) in [5.74, 6) is -5.53. The highest BCUT2D eigenvalue weighted by atomic mass is 16.6. The Morgan fingerprint density at radius 2 is 1.24 bits per heavy atom. The second-order valence-electron chi connectivity index (χ2n) is 12.5. The van der Waals surface area contributed by atoms with Crippen molar-refractivity contribution in [1.29, 1.82) is 0 Å². The summed E-state index contributed by atoms with van der Waals surface area (Å²) in [4.78, 5) is 88.0. The Kier molecular flexibility index (Phi) is 15.9. The van der Waals surface area contributed by atoms with Gasteiger partial charge in [0, 0.05) is 0 Å². The fourth-order valence-corrected chi connectivity index (χ4v) is 3.73. The van der Waals surface area contributed by atoms with Gasteiger partial charge in [0.25, 0.3) is 0 Å². The summed E-state index contributed by atoms with van der Waals surface area (Å²) >= 11 is 0. The highest BCUT2D eigenvalue weighted by Crippen LogP contribution is 2.11. The average molecular weight is 599 g/mol. The molecule has 14 heteroatoms. The number of nitrogens with two attached hydrogens (primary N) is 2. The molecule has 0 aromatic heterocycles. The van der Waals surface area contributed by atoms with Crippen LogP contribution in [0.4, 0.5) is 0 Å². The van der Waals surface area contributed by atoms with Crippen molar-refractivity contribution in [3.05, 3.63) is 0 Å². The quantitative estimate of drug-likeness (QED) is 0.0927. The molecule has 5 atom stereocenters. The number of primary amides is 1. The second kappa shape index (κ2) is 17.4. The lowest BCUT2D eigenvalue weighted by molar-refractivity contribution is -0.156. The number of amides is 5. The van der Waals surface area contributed by atoms with Gasteiger partial charge in [0.05, 0.1) is 24.9 Å². The van der Waals surface area contributed by atoms with Crippen LogP contribution in [0.5, 0.6) is 0 Å². The van der Waals surface area contributed by atoms with Crippen molar-refractivity contribution in [2.75, 3.05) is 0 Å². The highest BCUT2D eigenvalue weighted by molar-refractivity contribution is 5.98. The van der Waals surface area contributed by atoms with Gasteiger partial charge in [0.1, 0.15) is 30.0 Å². The third kappa shape index (κ3) is 14.9. The lowest BCUT2D eigenvalue weighted by Gasteiger charge is -2.28. The molecule has 8 N–H and O–H groups in total. The number of rotatable bonds is 17. The van der Waals surface area contributed by atoms with E-state index in [1.54, 1.807) is 48.5 Å². The zero-order valence-electron chi connectivity index (χ0n) is 26.2. The van der Waals surface area contributed by atoms with Gasteiger partial charge in [-0.3, -0.25) is 28.8 Å². The van der Waals surface area contributed by atoms with Gasteiger partial charge in [-0.05, 0) is 44.9 Å². The van der Waals surface area contributed by atoms with Crippen LogP contribution >= 0.6 is 0 Å². The largest absolute Gasteiger partial charge is 0.460 e. The first-order chi connectivity index (χ1) is 19.2. The van der Waals surface area contributed by atoms with Gasteiger partial charge in [-0.2, -0.15) is 0 Å². The van der Waals surface area contributed by atoms with Gasteiger partial charge in [-0.1, -0.05) is 41.5 Å². The minimum Gasteiger partial charge on any atom is -0.460 e. The Morgan fingerprint density at radius 1 is 0.738 bits per heavy atom. The molecule has 0 aliphatic carbocycles. The summed E-state index contributed by atoms with van der Waals surface area (Å²) in [6, 6.07) is -5.96. The van der Waals surface area contributed by atoms with Crippen LogP contribution in [0, 0.1) is 17.8 Å². The molecule has 0 aliphatic rings. The minimum absolute atomic E-state index is 0.0547.